The molecule has 1 heterocycles. The summed E-state index contributed by atoms with van der Waals surface area (Å²) in [6.07, 6.45) is 0.933. The van der Waals surface area contributed by atoms with E-state index in [2.05, 4.69) is 20.3 Å². The summed E-state index contributed by atoms with van der Waals surface area (Å²) in [5.74, 6) is -0.474. The summed E-state index contributed by atoms with van der Waals surface area (Å²) < 4.78 is 4.64. The summed E-state index contributed by atoms with van der Waals surface area (Å²) in [6, 6.07) is 5.11. The van der Waals surface area contributed by atoms with E-state index in [4.69, 9.17) is 0 Å². The lowest BCUT2D eigenvalue weighted by Crippen LogP contribution is -2.45. The third-order valence-corrected chi connectivity index (χ3v) is 2.97. The van der Waals surface area contributed by atoms with Crippen LogP contribution >= 0.6 is 0 Å². The molecule has 2 unspecified atom stereocenters. The molecule has 6 heteroatoms. The van der Waals surface area contributed by atoms with Crippen LogP contribution in [0.25, 0.3) is 10.9 Å². The third kappa shape index (κ3) is 3.10. The number of nitrogens with one attached hydrogen (secondary N) is 2. The van der Waals surface area contributed by atoms with Gasteiger partial charge in [0.15, 0.2) is 0 Å². The van der Waals surface area contributed by atoms with Crippen LogP contribution in [0.4, 0.5) is 0 Å². The number of hydrogen-bond acceptors (Lipinski definition) is 5. The lowest BCUT2D eigenvalue weighted by molar-refractivity contribution is -0.145. The Bertz CT molecular complexity index is 565. The van der Waals surface area contributed by atoms with E-state index < -0.39 is 18.1 Å². The van der Waals surface area contributed by atoms with Crippen molar-refractivity contribution >= 4 is 16.9 Å². The number of aromatic nitrogens is 2. The van der Waals surface area contributed by atoms with Crippen molar-refractivity contribution in [1.29, 1.82) is 0 Å². The molecule has 0 amide bonds. The van der Waals surface area contributed by atoms with Gasteiger partial charge < -0.3 is 9.84 Å². The summed E-state index contributed by atoms with van der Waals surface area (Å²) in [5.41, 5.74) is 1.93. The van der Waals surface area contributed by atoms with Crippen LogP contribution in [-0.2, 0) is 16.1 Å². The molecule has 0 fully saturated rings. The molecule has 2 atom stereocenters. The molecule has 0 saturated heterocycles. The number of methoxy groups -OCH3 is 1. The Hall–Kier alpha value is -1.92. The zero-order chi connectivity index (χ0) is 13.8. The largest absolute Gasteiger partial charge is 0.468 e. The first-order valence-electron chi connectivity index (χ1n) is 6.03. The number of aliphatic hydroxyl groups excluding tert-OH is 1. The first-order chi connectivity index (χ1) is 9.11. The summed E-state index contributed by atoms with van der Waals surface area (Å²) in [4.78, 5) is 11.5. The minimum absolute atomic E-state index is 0.458. The summed E-state index contributed by atoms with van der Waals surface area (Å²) in [6.45, 7) is 2.01. The molecule has 2 rings (SSSR count). The van der Waals surface area contributed by atoms with Gasteiger partial charge in [0, 0.05) is 11.9 Å². The van der Waals surface area contributed by atoms with Gasteiger partial charge in [-0.05, 0) is 18.6 Å². The second kappa shape index (κ2) is 5.81. The molecule has 2 aromatic rings. The Balaban J connectivity index is 2.05. The van der Waals surface area contributed by atoms with Crippen LogP contribution in [0.15, 0.2) is 24.4 Å². The fourth-order valence-corrected chi connectivity index (χ4v) is 1.90. The Labute approximate surface area is 110 Å². The van der Waals surface area contributed by atoms with E-state index in [0.717, 1.165) is 16.5 Å². The van der Waals surface area contributed by atoms with E-state index in [0.29, 0.717) is 6.54 Å². The number of aliphatic hydroxyl groups is 1. The zero-order valence-electron chi connectivity index (χ0n) is 10.9. The molecule has 3 N–H and O–H groups in total. The smallest absolute Gasteiger partial charge is 0.325 e. The monoisotopic (exact) mass is 263 g/mol. The lowest BCUT2D eigenvalue weighted by atomic mass is 10.1. The van der Waals surface area contributed by atoms with Crippen LogP contribution in [-0.4, -0.2) is 40.5 Å². The van der Waals surface area contributed by atoms with Gasteiger partial charge in [0.1, 0.15) is 6.04 Å². The van der Waals surface area contributed by atoms with Gasteiger partial charge in [0.25, 0.3) is 0 Å². The van der Waals surface area contributed by atoms with Gasteiger partial charge in [-0.25, -0.2) is 0 Å². The van der Waals surface area contributed by atoms with Gasteiger partial charge in [-0.15, -0.1) is 0 Å². The minimum Gasteiger partial charge on any atom is -0.468 e. The number of aromatic amines is 1. The Morgan fingerprint density at radius 3 is 3.05 bits per heavy atom. The first kappa shape index (κ1) is 13.5. The molecule has 0 radical (unpaired) electrons. The number of fused-ring (bicyclic) bond motifs is 1. The number of carbonyl (C=O) groups excluding carboxylic acids is 1. The predicted octanol–water partition coefficient (Wildman–Crippen LogP) is 0.575. The van der Waals surface area contributed by atoms with Crippen LogP contribution in [0, 0.1) is 0 Å². The second-order valence-electron chi connectivity index (χ2n) is 4.41. The predicted molar refractivity (Wildman–Crippen MR) is 70.4 cm³/mol. The van der Waals surface area contributed by atoms with E-state index in [1.165, 1.54) is 7.11 Å². The number of nitrogens with zero attached hydrogens (tertiary/aromatic N) is 1. The molecule has 6 nitrogen and oxygen atoms in total. The van der Waals surface area contributed by atoms with Crippen molar-refractivity contribution in [3.8, 4) is 0 Å². The third-order valence-electron chi connectivity index (χ3n) is 2.97. The van der Waals surface area contributed by atoms with E-state index in [-0.39, 0.29) is 0 Å². The fraction of sp³-hybridized carbons (Fsp3) is 0.385. The number of esters is 1. The summed E-state index contributed by atoms with van der Waals surface area (Å²) in [5, 5.41) is 20.4. The Morgan fingerprint density at radius 1 is 1.58 bits per heavy atom. The first-order valence-corrected chi connectivity index (χ1v) is 6.03. The fourth-order valence-electron chi connectivity index (χ4n) is 1.90. The number of H-pyrrole nitrogens is 1. The van der Waals surface area contributed by atoms with Gasteiger partial charge in [-0.1, -0.05) is 12.1 Å². The van der Waals surface area contributed by atoms with Crippen molar-refractivity contribution < 1.29 is 14.6 Å². The molecule has 1 aromatic carbocycles. The second-order valence-corrected chi connectivity index (χ2v) is 4.41. The average molecular weight is 263 g/mol. The Morgan fingerprint density at radius 2 is 2.37 bits per heavy atom. The zero-order valence-corrected chi connectivity index (χ0v) is 10.9. The molecule has 102 valence electrons. The van der Waals surface area contributed by atoms with Gasteiger partial charge in [-0.3, -0.25) is 15.2 Å². The number of hydrogen-bond donors (Lipinski definition) is 3. The SMILES string of the molecule is COC(=O)C(NCc1ccc2cn[nH]c2c1)C(C)O. The van der Waals surface area contributed by atoms with Gasteiger partial charge in [0.2, 0.25) is 0 Å². The highest BCUT2D eigenvalue weighted by molar-refractivity contribution is 5.78. The molecule has 0 saturated carbocycles. The van der Waals surface area contributed by atoms with Crippen molar-refractivity contribution in [2.75, 3.05) is 7.11 Å². The maximum atomic E-state index is 11.5. The minimum atomic E-state index is -0.816. The van der Waals surface area contributed by atoms with E-state index in [1.807, 2.05) is 18.2 Å². The maximum Gasteiger partial charge on any atom is 0.325 e. The highest BCUT2D eigenvalue weighted by Gasteiger charge is 2.23. The van der Waals surface area contributed by atoms with Gasteiger partial charge in [-0.2, -0.15) is 5.10 Å². The average Bonchev–Trinajstić information content (AvgIpc) is 2.85. The van der Waals surface area contributed by atoms with Gasteiger partial charge >= 0.3 is 5.97 Å². The van der Waals surface area contributed by atoms with Crippen molar-refractivity contribution in [1.82, 2.24) is 15.5 Å². The molecule has 1 aromatic heterocycles. The van der Waals surface area contributed by atoms with E-state index in [9.17, 15) is 9.90 Å². The van der Waals surface area contributed by atoms with Crippen molar-refractivity contribution in [2.24, 2.45) is 0 Å². The van der Waals surface area contributed by atoms with Crippen LogP contribution in [0.2, 0.25) is 0 Å². The van der Waals surface area contributed by atoms with Crippen molar-refractivity contribution in [3.63, 3.8) is 0 Å². The maximum absolute atomic E-state index is 11.5. The molecular weight excluding hydrogens is 246 g/mol. The van der Waals surface area contributed by atoms with Gasteiger partial charge in [0.05, 0.1) is 24.9 Å². The molecule has 0 spiro atoms. The van der Waals surface area contributed by atoms with Crippen LogP contribution in [0.1, 0.15) is 12.5 Å². The molecule has 0 aliphatic heterocycles. The molecule has 0 bridgehead atoms. The number of rotatable bonds is 5. The Kier molecular flexibility index (Phi) is 4.13. The molecule has 19 heavy (non-hydrogen) atoms. The number of benzene rings is 1. The standard InChI is InChI=1S/C13H17N3O3/c1-8(17)12(13(18)19-2)14-6-9-3-4-10-7-15-16-11(10)5-9/h3-5,7-8,12,14,17H,6H2,1-2H3,(H,15,16). The highest BCUT2D eigenvalue weighted by atomic mass is 16.5. The molecule has 0 aliphatic rings. The van der Waals surface area contributed by atoms with E-state index in [1.54, 1.807) is 13.1 Å². The van der Waals surface area contributed by atoms with Crippen molar-refractivity contribution in [3.05, 3.63) is 30.0 Å². The normalized spacial score (nSPS) is 14.3. The van der Waals surface area contributed by atoms with Crippen LogP contribution < -0.4 is 5.32 Å². The van der Waals surface area contributed by atoms with Crippen molar-refractivity contribution in [2.45, 2.75) is 25.6 Å². The highest BCUT2D eigenvalue weighted by Crippen LogP contribution is 2.12. The van der Waals surface area contributed by atoms with Crippen LogP contribution in [0.3, 0.4) is 0 Å². The molecular formula is C13H17N3O3. The van der Waals surface area contributed by atoms with E-state index >= 15 is 0 Å². The quantitative estimate of drug-likeness (QED) is 0.687. The summed E-state index contributed by atoms with van der Waals surface area (Å²) in [7, 11) is 1.30. The number of ether oxygens (including phenoxy) is 1. The molecule has 0 aliphatic carbocycles. The lowest BCUT2D eigenvalue weighted by Gasteiger charge is -2.18. The topological polar surface area (TPSA) is 87.2 Å². The number of carbonyl (C=O) groups is 1. The summed E-state index contributed by atoms with van der Waals surface area (Å²) >= 11 is 0. The van der Waals surface area contributed by atoms with Crippen LogP contribution in [0.5, 0.6) is 0 Å².